The van der Waals surface area contributed by atoms with E-state index in [1.54, 1.807) is 7.11 Å². The Balaban J connectivity index is 1.59. The van der Waals surface area contributed by atoms with Gasteiger partial charge in [-0.1, -0.05) is 18.6 Å². The smallest absolute Gasteiger partial charge is 0.225 e. The summed E-state index contributed by atoms with van der Waals surface area (Å²) in [6, 6.07) is 8.06. The number of amides is 1. The number of hydrogen-bond acceptors (Lipinski definition) is 3. The third-order valence-electron chi connectivity index (χ3n) is 4.50. The van der Waals surface area contributed by atoms with Crippen molar-refractivity contribution in [3.05, 3.63) is 29.8 Å². The van der Waals surface area contributed by atoms with Gasteiger partial charge in [0.2, 0.25) is 5.91 Å². The van der Waals surface area contributed by atoms with Gasteiger partial charge in [0.25, 0.3) is 0 Å². The highest BCUT2D eigenvalue weighted by molar-refractivity contribution is 5.79. The number of benzene rings is 1. The van der Waals surface area contributed by atoms with Crippen molar-refractivity contribution < 1.29 is 14.3 Å². The molecule has 1 aromatic carbocycles. The number of methoxy groups -OCH3 is 1. The number of nitrogens with zero attached hydrogens (tertiary/aromatic N) is 1. The summed E-state index contributed by atoms with van der Waals surface area (Å²) in [6.07, 6.45) is 4.25. The molecule has 0 spiro atoms. The maximum absolute atomic E-state index is 12.3. The molecule has 1 aliphatic carbocycles. The summed E-state index contributed by atoms with van der Waals surface area (Å²) in [5.41, 5.74) is 1.19. The van der Waals surface area contributed by atoms with Gasteiger partial charge in [-0.05, 0) is 30.5 Å². The van der Waals surface area contributed by atoms with E-state index in [2.05, 4.69) is 6.07 Å². The summed E-state index contributed by atoms with van der Waals surface area (Å²) in [5, 5.41) is 0. The average molecular weight is 289 g/mol. The first-order valence-corrected chi connectivity index (χ1v) is 7.79. The van der Waals surface area contributed by atoms with Crippen molar-refractivity contribution in [1.29, 1.82) is 0 Å². The van der Waals surface area contributed by atoms with Gasteiger partial charge in [-0.15, -0.1) is 0 Å². The Hall–Kier alpha value is -1.55. The standard InChI is InChI=1S/C17H23NO3/c1-20-15-7-2-4-13(10-15)11-16-12-18(8-9-21-16)17(19)14-5-3-6-14/h2,4,7,10,14,16H,3,5-6,8-9,11-12H2,1H3/t16-/m0/s1. The second-order valence-corrected chi connectivity index (χ2v) is 5.96. The van der Waals surface area contributed by atoms with Crippen LogP contribution >= 0.6 is 0 Å². The largest absolute Gasteiger partial charge is 0.497 e. The van der Waals surface area contributed by atoms with Crippen LogP contribution in [0.25, 0.3) is 0 Å². The van der Waals surface area contributed by atoms with Crippen LogP contribution in [0.5, 0.6) is 5.75 Å². The molecule has 0 radical (unpaired) electrons. The third-order valence-corrected chi connectivity index (χ3v) is 4.50. The van der Waals surface area contributed by atoms with Gasteiger partial charge in [0.1, 0.15) is 5.75 Å². The molecule has 1 aromatic rings. The normalized spacial score (nSPS) is 22.7. The van der Waals surface area contributed by atoms with E-state index in [0.717, 1.165) is 31.6 Å². The van der Waals surface area contributed by atoms with E-state index in [0.29, 0.717) is 19.1 Å². The molecule has 1 aliphatic heterocycles. The van der Waals surface area contributed by atoms with Gasteiger partial charge < -0.3 is 14.4 Å². The molecule has 1 saturated heterocycles. The molecule has 0 unspecified atom stereocenters. The van der Waals surface area contributed by atoms with Crippen LogP contribution in [0.4, 0.5) is 0 Å². The van der Waals surface area contributed by atoms with Crippen LogP contribution in [-0.4, -0.2) is 43.7 Å². The van der Waals surface area contributed by atoms with Crippen LogP contribution in [0.2, 0.25) is 0 Å². The molecule has 2 fully saturated rings. The van der Waals surface area contributed by atoms with Crippen molar-refractivity contribution >= 4 is 5.91 Å². The molecular weight excluding hydrogens is 266 g/mol. The summed E-state index contributed by atoms with van der Waals surface area (Å²) in [5.74, 6) is 1.48. The highest BCUT2D eigenvalue weighted by Crippen LogP contribution is 2.29. The zero-order valence-corrected chi connectivity index (χ0v) is 12.6. The number of morpholine rings is 1. The Bertz CT molecular complexity index is 499. The molecule has 0 N–H and O–H groups in total. The van der Waals surface area contributed by atoms with E-state index < -0.39 is 0 Å². The number of hydrogen-bond donors (Lipinski definition) is 0. The fourth-order valence-electron chi connectivity index (χ4n) is 3.02. The third kappa shape index (κ3) is 3.38. The summed E-state index contributed by atoms with van der Waals surface area (Å²) < 4.78 is 11.1. The maximum Gasteiger partial charge on any atom is 0.225 e. The van der Waals surface area contributed by atoms with E-state index in [1.165, 1.54) is 12.0 Å². The van der Waals surface area contributed by atoms with Crippen LogP contribution in [0.15, 0.2) is 24.3 Å². The molecule has 4 nitrogen and oxygen atoms in total. The first-order valence-electron chi connectivity index (χ1n) is 7.79. The Morgan fingerprint density at radius 2 is 2.29 bits per heavy atom. The van der Waals surface area contributed by atoms with E-state index in [9.17, 15) is 4.79 Å². The van der Waals surface area contributed by atoms with Crippen molar-refractivity contribution in [3.8, 4) is 5.75 Å². The van der Waals surface area contributed by atoms with Gasteiger partial charge >= 0.3 is 0 Å². The SMILES string of the molecule is COc1cccc(C[C@H]2CN(C(=O)C3CCC3)CCO2)c1. The van der Waals surface area contributed by atoms with E-state index >= 15 is 0 Å². The minimum absolute atomic E-state index is 0.0925. The number of carbonyl (C=O) groups excluding carboxylic acids is 1. The molecule has 4 heteroatoms. The highest BCUT2D eigenvalue weighted by atomic mass is 16.5. The van der Waals surface area contributed by atoms with Gasteiger partial charge in [-0.3, -0.25) is 4.79 Å². The van der Waals surface area contributed by atoms with Gasteiger partial charge in [0.05, 0.1) is 19.8 Å². The summed E-state index contributed by atoms with van der Waals surface area (Å²) in [7, 11) is 1.68. The van der Waals surface area contributed by atoms with Gasteiger partial charge in [0.15, 0.2) is 0 Å². The molecule has 0 bridgehead atoms. The minimum Gasteiger partial charge on any atom is -0.497 e. The molecule has 1 amide bonds. The molecule has 21 heavy (non-hydrogen) atoms. The molecular formula is C17H23NO3. The second kappa shape index (κ2) is 6.48. The monoisotopic (exact) mass is 289 g/mol. The van der Waals surface area contributed by atoms with E-state index in [1.807, 2.05) is 23.1 Å². The quantitative estimate of drug-likeness (QED) is 0.853. The van der Waals surface area contributed by atoms with Crippen LogP contribution in [0.3, 0.4) is 0 Å². The van der Waals surface area contributed by atoms with Gasteiger partial charge in [-0.25, -0.2) is 0 Å². The van der Waals surface area contributed by atoms with Crippen molar-refractivity contribution in [2.75, 3.05) is 26.8 Å². The number of rotatable bonds is 4. The topological polar surface area (TPSA) is 38.8 Å². The van der Waals surface area contributed by atoms with Crippen molar-refractivity contribution in [2.45, 2.75) is 31.8 Å². The average Bonchev–Trinajstić information content (AvgIpc) is 2.46. The van der Waals surface area contributed by atoms with Crippen molar-refractivity contribution in [3.63, 3.8) is 0 Å². The zero-order chi connectivity index (χ0) is 14.7. The highest BCUT2D eigenvalue weighted by Gasteiger charge is 2.32. The Kier molecular flexibility index (Phi) is 4.44. The first-order chi connectivity index (χ1) is 10.3. The molecule has 0 aromatic heterocycles. The van der Waals surface area contributed by atoms with Gasteiger partial charge in [0, 0.05) is 25.4 Å². The van der Waals surface area contributed by atoms with Crippen molar-refractivity contribution in [2.24, 2.45) is 5.92 Å². The zero-order valence-electron chi connectivity index (χ0n) is 12.6. The first kappa shape index (κ1) is 14.4. The molecule has 2 aliphatic rings. The Morgan fingerprint density at radius 1 is 1.43 bits per heavy atom. The maximum atomic E-state index is 12.3. The van der Waals surface area contributed by atoms with Crippen LogP contribution < -0.4 is 4.74 Å². The summed E-state index contributed by atoms with van der Waals surface area (Å²) >= 11 is 0. The molecule has 1 heterocycles. The number of carbonyl (C=O) groups is 1. The van der Waals surface area contributed by atoms with E-state index in [-0.39, 0.29) is 12.0 Å². The molecule has 114 valence electrons. The molecule has 3 rings (SSSR count). The second-order valence-electron chi connectivity index (χ2n) is 5.96. The van der Waals surface area contributed by atoms with Crippen LogP contribution in [-0.2, 0) is 16.0 Å². The number of ether oxygens (including phenoxy) is 2. The fourth-order valence-corrected chi connectivity index (χ4v) is 3.02. The van der Waals surface area contributed by atoms with Crippen LogP contribution in [0, 0.1) is 5.92 Å². The lowest BCUT2D eigenvalue weighted by Gasteiger charge is -2.37. The Labute approximate surface area is 126 Å². The lowest BCUT2D eigenvalue weighted by atomic mass is 9.84. The fraction of sp³-hybridized carbons (Fsp3) is 0.588. The van der Waals surface area contributed by atoms with Gasteiger partial charge in [-0.2, -0.15) is 0 Å². The summed E-state index contributed by atoms with van der Waals surface area (Å²) in [4.78, 5) is 14.3. The van der Waals surface area contributed by atoms with Crippen LogP contribution in [0.1, 0.15) is 24.8 Å². The predicted octanol–water partition coefficient (Wildman–Crippen LogP) is 2.27. The summed E-state index contributed by atoms with van der Waals surface area (Å²) in [6.45, 7) is 2.10. The lowest BCUT2D eigenvalue weighted by molar-refractivity contribution is -0.145. The predicted molar refractivity (Wildman–Crippen MR) is 80.4 cm³/mol. The molecule has 1 saturated carbocycles. The Morgan fingerprint density at radius 3 is 3.00 bits per heavy atom. The minimum atomic E-state index is 0.0925. The van der Waals surface area contributed by atoms with E-state index in [4.69, 9.17) is 9.47 Å². The molecule has 1 atom stereocenters. The van der Waals surface area contributed by atoms with Crippen molar-refractivity contribution in [1.82, 2.24) is 4.90 Å². The lowest BCUT2D eigenvalue weighted by Crippen LogP contribution is -2.49.